The molecule has 3 atom stereocenters. The number of nitrogens with zero attached hydrogens (tertiary/aromatic N) is 2. The van der Waals surface area contributed by atoms with Gasteiger partial charge in [-0.1, -0.05) is 6.07 Å². The molecule has 6 heteroatoms. The van der Waals surface area contributed by atoms with Crippen LogP contribution < -0.4 is 0 Å². The quantitative estimate of drug-likeness (QED) is 0.856. The summed E-state index contributed by atoms with van der Waals surface area (Å²) in [5.41, 5.74) is 1.11. The highest BCUT2D eigenvalue weighted by molar-refractivity contribution is 7.12. The molecule has 1 saturated carbocycles. The van der Waals surface area contributed by atoms with Crippen LogP contribution in [0.3, 0.4) is 0 Å². The van der Waals surface area contributed by atoms with Crippen LogP contribution in [0.25, 0.3) is 0 Å². The summed E-state index contributed by atoms with van der Waals surface area (Å²) >= 11 is 1.50. The van der Waals surface area contributed by atoms with Crippen LogP contribution in [0, 0.1) is 0 Å². The third kappa shape index (κ3) is 3.09. The molecule has 0 spiro atoms. The van der Waals surface area contributed by atoms with E-state index in [1.165, 1.54) is 11.3 Å². The molecule has 1 aliphatic carbocycles. The Morgan fingerprint density at radius 3 is 3.00 bits per heavy atom. The van der Waals surface area contributed by atoms with Crippen molar-refractivity contribution in [3.63, 3.8) is 0 Å². The summed E-state index contributed by atoms with van der Waals surface area (Å²) in [5, 5.41) is 1.94. The number of ether oxygens (including phenoxy) is 2. The molecule has 0 bridgehead atoms. The number of carbonyl (C=O) groups excluding carboxylic acids is 1. The van der Waals surface area contributed by atoms with Crippen LogP contribution in [0.15, 0.2) is 42.0 Å². The van der Waals surface area contributed by atoms with Gasteiger partial charge in [-0.05, 0) is 42.0 Å². The Bertz CT molecular complexity index is 677. The van der Waals surface area contributed by atoms with Gasteiger partial charge in [0, 0.05) is 18.9 Å². The Morgan fingerprint density at radius 2 is 2.21 bits per heavy atom. The van der Waals surface area contributed by atoms with E-state index in [9.17, 15) is 4.79 Å². The summed E-state index contributed by atoms with van der Waals surface area (Å²) in [4.78, 5) is 19.5. The molecule has 2 aromatic rings. The molecule has 4 rings (SSSR count). The smallest absolute Gasteiger partial charge is 0.264 e. The van der Waals surface area contributed by atoms with Gasteiger partial charge in [0.2, 0.25) is 0 Å². The van der Waals surface area contributed by atoms with E-state index in [0.29, 0.717) is 19.8 Å². The van der Waals surface area contributed by atoms with Crippen LogP contribution in [0.5, 0.6) is 0 Å². The summed E-state index contributed by atoms with van der Waals surface area (Å²) < 4.78 is 12.1. The van der Waals surface area contributed by atoms with Gasteiger partial charge in [0.05, 0.1) is 30.2 Å². The molecule has 126 valence electrons. The van der Waals surface area contributed by atoms with E-state index in [0.717, 1.165) is 23.3 Å². The average Bonchev–Trinajstić information content (AvgIpc) is 3.30. The first-order chi connectivity index (χ1) is 11.8. The summed E-state index contributed by atoms with van der Waals surface area (Å²) in [6.07, 6.45) is 5.42. The van der Waals surface area contributed by atoms with Crippen molar-refractivity contribution in [2.75, 3.05) is 13.2 Å². The minimum absolute atomic E-state index is 0.0236. The Labute approximate surface area is 145 Å². The first-order valence-electron chi connectivity index (χ1n) is 8.29. The van der Waals surface area contributed by atoms with Crippen LogP contribution in [-0.4, -0.2) is 47.2 Å². The first-order valence-corrected chi connectivity index (χ1v) is 9.17. The lowest BCUT2D eigenvalue weighted by atomic mass is 10.1. The van der Waals surface area contributed by atoms with Crippen molar-refractivity contribution in [1.82, 2.24) is 9.88 Å². The predicted molar refractivity (Wildman–Crippen MR) is 90.9 cm³/mol. The maximum atomic E-state index is 12.7. The number of morpholine rings is 1. The molecule has 1 aliphatic heterocycles. The van der Waals surface area contributed by atoms with Crippen molar-refractivity contribution in [2.45, 2.75) is 37.7 Å². The van der Waals surface area contributed by atoms with Crippen molar-refractivity contribution in [3.8, 4) is 0 Å². The molecule has 3 heterocycles. The molecule has 1 amide bonds. The van der Waals surface area contributed by atoms with Crippen LogP contribution >= 0.6 is 11.3 Å². The topological polar surface area (TPSA) is 51.7 Å². The van der Waals surface area contributed by atoms with E-state index in [1.807, 2.05) is 34.5 Å². The van der Waals surface area contributed by atoms with Gasteiger partial charge >= 0.3 is 0 Å². The lowest BCUT2D eigenvalue weighted by Gasteiger charge is -2.38. The molecule has 0 radical (unpaired) electrons. The molecule has 5 nitrogen and oxygen atoms in total. The second kappa shape index (κ2) is 7.01. The second-order valence-corrected chi connectivity index (χ2v) is 7.11. The SMILES string of the molecule is O=C(c1cccs1)N1CCO[C@@H]2[C@H]1CC[C@H]2OCc1ccncc1. The fourth-order valence-electron chi connectivity index (χ4n) is 3.57. The highest BCUT2D eigenvalue weighted by atomic mass is 32.1. The van der Waals surface area contributed by atoms with Crippen molar-refractivity contribution in [3.05, 3.63) is 52.5 Å². The third-order valence-corrected chi connectivity index (χ3v) is 5.60. The molecule has 2 aromatic heterocycles. The van der Waals surface area contributed by atoms with Crippen molar-refractivity contribution in [2.24, 2.45) is 0 Å². The zero-order valence-electron chi connectivity index (χ0n) is 13.3. The van der Waals surface area contributed by atoms with E-state index in [2.05, 4.69) is 4.98 Å². The lowest BCUT2D eigenvalue weighted by Crippen LogP contribution is -2.53. The van der Waals surface area contributed by atoms with Gasteiger partial charge in [0.1, 0.15) is 6.10 Å². The zero-order chi connectivity index (χ0) is 16.4. The number of fused-ring (bicyclic) bond motifs is 1. The first kappa shape index (κ1) is 15.7. The zero-order valence-corrected chi connectivity index (χ0v) is 14.2. The number of thiophene rings is 1. The van der Waals surface area contributed by atoms with E-state index in [-0.39, 0.29) is 24.2 Å². The van der Waals surface area contributed by atoms with Crippen molar-refractivity contribution < 1.29 is 14.3 Å². The van der Waals surface area contributed by atoms with Gasteiger partial charge in [-0.25, -0.2) is 0 Å². The normalized spacial score (nSPS) is 26.3. The van der Waals surface area contributed by atoms with E-state index in [1.54, 1.807) is 12.4 Å². The lowest BCUT2D eigenvalue weighted by molar-refractivity contribution is -0.108. The van der Waals surface area contributed by atoms with Gasteiger partial charge in [-0.3, -0.25) is 9.78 Å². The number of rotatable bonds is 4. The predicted octanol–water partition coefficient (Wildman–Crippen LogP) is 2.73. The van der Waals surface area contributed by atoms with Gasteiger partial charge in [0.25, 0.3) is 5.91 Å². The Balaban J connectivity index is 1.42. The molecule has 1 saturated heterocycles. The van der Waals surface area contributed by atoms with E-state index >= 15 is 0 Å². The monoisotopic (exact) mass is 344 g/mol. The highest BCUT2D eigenvalue weighted by Crippen LogP contribution is 2.33. The van der Waals surface area contributed by atoms with Crippen molar-refractivity contribution in [1.29, 1.82) is 0 Å². The minimum Gasteiger partial charge on any atom is -0.372 e. The molecule has 0 unspecified atom stereocenters. The maximum absolute atomic E-state index is 12.7. The largest absolute Gasteiger partial charge is 0.372 e. The van der Waals surface area contributed by atoms with Gasteiger partial charge in [-0.2, -0.15) is 0 Å². The van der Waals surface area contributed by atoms with Crippen LogP contribution in [0.2, 0.25) is 0 Å². The Morgan fingerprint density at radius 1 is 1.33 bits per heavy atom. The van der Waals surface area contributed by atoms with E-state index < -0.39 is 0 Å². The number of aromatic nitrogens is 1. The minimum atomic E-state index is -0.0236. The number of hydrogen-bond donors (Lipinski definition) is 0. The van der Waals surface area contributed by atoms with Crippen molar-refractivity contribution >= 4 is 17.2 Å². The molecule has 0 aromatic carbocycles. The van der Waals surface area contributed by atoms with E-state index in [4.69, 9.17) is 9.47 Å². The number of amides is 1. The third-order valence-electron chi connectivity index (χ3n) is 4.74. The maximum Gasteiger partial charge on any atom is 0.264 e. The molecule has 2 aliphatic rings. The second-order valence-electron chi connectivity index (χ2n) is 6.16. The molecule has 0 N–H and O–H groups in total. The van der Waals surface area contributed by atoms with Gasteiger partial charge in [-0.15, -0.1) is 11.3 Å². The number of carbonyl (C=O) groups is 1. The van der Waals surface area contributed by atoms with Crippen LogP contribution in [-0.2, 0) is 16.1 Å². The molecule has 24 heavy (non-hydrogen) atoms. The van der Waals surface area contributed by atoms with Gasteiger partial charge < -0.3 is 14.4 Å². The van der Waals surface area contributed by atoms with Crippen LogP contribution in [0.4, 0.5) is 0 Å². The summed E-state index contributed by atoms with van der Waals surface area (Å²) in [7, 11) is 0. The fourth-order valence-corrected chi connectivity index (χ4v) is 4.25. The number of pyridine rings is 1. The molecular formula is C18H20N2O3S. The molecular weight excluding hydrogens is 324 g/mol. The average molecular weight is 344 g/mol. The Hall–Kier alpha value is -1.76. The van der Waals surface area contributed by atoms with Crippen LogP contribution in [0.1, 0.15) is 28.1 Å². The highest BCUT2D eigenvalue weighted by Gasteiger charge is 2.45. The summed E-state index contributed by atoms with van der Waals surface area (Å²) in [6.45, 7) is 1.79. The number of hydrogen-bond acceptors (Lipinski definition) is 5. The summed E-state index contributed by atoms with van der Waals surface area (Å²) in [6, 6.07) is 7.85. The molecule has 2 fully saturated rings. The van der Waals surface area contributed by atoms with Gasteiger partial charge in [0.15, 0.2) is 0 Å². The summed E-state index contributed by atoms with van der Waals surface area (Å²) in [5.74, 6) is 0.123. The standard InChI is InChI=1S/C18H20N2O3S/c21-18(16-2-1-11-24-16)20-9-10-22-17-14(20)3-4-15(17)23-12-13-5-7-19-8-6-13/h1-2,5-8,11,14-15,17H,3-4,9-10,12H2/t14-,15-,17-/m1/s1. The fraction of sp³-hybridized carbons (Fsp3) is 0.444. The Kier molecular flexibility index (Phi) is 4.60.